The van der Waals surface area contributed by atoms with Gasteiger partial charge in [0.15, 0.2) is 0 Å². The van der Waals surface area contributed by atoms with Crippen LogP contribution in [0.3, 0.4) is 0 Å². The minimum atomic E-state index is -3.46. The van der Waals surface area contributed by atoms with Gasteiger partial charge in [-0.05, 0) is 26.2 Å². The van der Waals surface area contributed by atoms with Crippen LogP contribution >= 0.6 is 0 Å². The van der Waals surface area contributed by atoms with Crippen LogP contribution in [0.4, 0.5) is 0 Å². The maximum absolute atomic E-state index is 12.4. The zero-order valence-electron chi connectivity index (χ0n) is 12.8. The fraction of sp³-hybridized carbons (Fsp3) is 0.846. The number of sulfonamides is 1. The summed E-state index contributed by atoms with van der Waals surface area (Å²) in [5, 5.41) is 8.96. The minimum absolute atomic E-state index is 0.0332. The Morgan fingerprint density at radius 3 is 2.57 bits per heavy atom. The second-order valence-corrected chi connectivity index (χ2v) is 7.44. The summed E-state index contributed by atoms with van der Waals surface area (Å²) in [4.78, 5) is 24.4. The number of carbonyl (C=O) groups excluding carboxylic acids is 1. The molecule has 0 aliphatic carbocycles. The number of hydrogen-bond acceptors (Lipinski definition) is 4. The Bertz CT molecular complexity index is 491. The summed E-state index contributed by atoms with van der Waals surface area (Å²) in [7, 11) is -2.06. The Morgan fingerprint density at radius 1 is 1.43 bits per heavy atom. The number of aliphatic carboxylic acids is 1. The molecule has 0 saturated carbocycles. The number of carboxylic acid groups (broad SMARTS) is 1. The quantitative estimate of drug-likeness (QED) is 0.737. The SMILES string of the molecule is CCCCS(=O)(=O)N1CCCC1C(=O)N(C)C(C)C(=O)O. The van der Waals surface area contributed by atoms with Gasteiger partial charge in [0.1, 0.15) is 12.1 Å². The zero-order valence-corrected chi connectivity index (χ0v) is 13.6. The van der Waals surface area contributed by atoms with Crippen LogP contribution in [-0.4, -0.2) is 66.0 Å². The van der Waals surface area contributed by atoms with Gasteiger partial charge in [-0.3, -0.25) is 4.79 Å². The van der Waals surface area contributed by atoms with Gasteiger partial charge in [-0.15, -0.1) is 0 Å². The molecule has 0 aromatic rings. The number of unbranched alkanes of at least 4 members (excludes halogenated alkanes) is 1. The summed E-state index contributed by atoms with van der Waals surface area (Å²) in [6.07, 6.45) is 2.39. The van der Waals surface area contributed by atoms with Crippen LogP contribution < -0.4 is 0 Å². The van der Waals surface area contributed by atoms with Crippen LogP contribution in [0.25, 0.3) is 0 Å². The first-order valence-corrected chi connectivity index (χ1v) is 8.82. The number of rotatable bonds is 7. The molecule has 7 nitrogen and oxygen atoms in total. The van der Waals surface area contributed by atoms with Gasteiger partial charge < -0.3 is 10.0 Å². The Labute approximate surface area is 126 Å². The van der Waals surface area contributed by atoms with Crippen LogP contribution in [0, 0.1) is 0 Å². The third-order valence-electron chi connectivity index (χ3n) is 3.89. The fourth-order valence-electron chi connectivity index (χ4n) is 2.36. The molecule has 0 radical (unpaired) electrons. The van der Waals surface area contributed by atoms with Crippen LogP contribution in [0.5, 0.6) is 0 Å². The van der Waals surface area contributed by atoms with Gasteiger partial charge in [-0.1, -0.05) is 13.3 Å². The Kier molecular flexibility index (Phi) is 6.15. The van der Waals surface area contributed by atoms with E-state index < -0.39 is 34.0 Å². The van der Waals surface area contributed by atoms with Crippen molar-refractivity contribution in [2.24, 2.45) is 0 Å². The minimum Gasteiger partial charge on any atom is -0.480 e. The normalized spacial score (nSPS) is 21.2. The monoisotopic (exact) mass is 320 g/mol. The first kappa shape index (κ1) is 17.9. The lowest BCUT2D eigenvalue weighted by Crippen LogP contribution is -2.51. The van der Waals surface area contributed by atoms with E-state index in [4.69, 9.17) is 5.11 Å². The van der Waals surface area contributed by atoms with E-state index in [1.54, 1.807) is 0 Å². The molecule has 21 heavy (non-hydrogen) atoms. The van der Waals surface area contributed by atoms with Gasteiger partial charge in [-0.25, -0.2) is 13.2 Å². The predicted molar refractivity (Wildman–Crippen MR) is 78.3 cm³/mol. The molecule has 0 aromatic carbocycles. The molecular formula is C13H24N2O5S. The Hall–Kier alpha value is -1.15. The van der Waals surface area contributed by atoms with Gasteiger partial charge in [0.2, 0.25) is 15.9 Å². The molecule has 2 atom stereocenters. The van der Waals surface area contributed by atoms with E-state index in [1.807, 2.05) is 6.92 Å². The Balaban J connectivity index is 2.86. The van der Waals surface area contributed by atoms with E-state index in [1.165, 1.54) is 18.3 Å². The second-order valence-electron chi connectivity index (χ2n) is 5.40. The van der Waals surface area contributed by atoms with Crippen LogP contribution in [-0.2, 0) is 19.6 Å². The van der Waals surface area contributed by atoms with E-state index >= 15 is 0 Å². The number of hydrogen-bond donors (Lipinski definition) is 1. The highest BCUT2D eigenvalue weighted by atomic mass is 32.2. The molecule has 8 heteroatoms. The lowest BCUT2D eigenvalue weighted by Gasteiger charge is -2.29. The molecule has 1 N–H and O–H groups in total. The molecule has 0 spiro atoms. The highest BCUT2D eigenvalue weighted by Gasteiger charge is 2.40. The van der Waals surface area contributed by atoms with Crippen molar-refractivity contribution in [3.63, 3.8) is 0 Å². The molecule has 122 valence electrons. The molecule has 1 aliphatic heterocycles. The summed E-state index contributed by atoms with van der Waals surface area (Å²) in [6.45, 7) is 3.65. The molecule has 1 aliphatic rings. The molecular weight excluding hydrogens is 296 g/mol. The van der Waals surface area contributed by atoms with Crippen molar-refractivity contribution < 1.29 is 23.1 Å². The fourth-order valence-corrected chi connectivity index (χ4v) is 4.23. The van der Waals surface area contributed by atoms with Gasteiger partial charge in [0, 0.05) is 13.6 Å². The van der Waals surface area contributed by atoms with E-state index in [0.29, 0.717) is 25.8 Å². The molecule has 1 saturated heterocycles. The molecule has 0 bridgehead atoms. The van der Waals surface area contributed by atoms with E-state index in [0.717, 1.165) is 11.3 Å². The lowest BCUT2D eigenvalue weighted by atomic mass is 10.2. The standard InChI is InChI=1S/C13H24N2O5S/c1-4-5-9-21(19,20)15-8-6-7-11(15)12(16)14(3)10(2)13(17)18/h10-11H,4-9H2,1-3H3,(H,17,18). The molecule has 1 rings (SSSR count). The third-order valence-corrected chi connectivity index (χ3v) is 5.84. The summed E-state index contributed by atoms with van der Waals surface area (Å²) in [6, 6.07) is -1.74. The summed E-state index contributed by atoms with van der Waals surface area (Å²) < 4.78 is 25.8. The molecule has 1 heterocycles. The van der Waals surface area contributed by atoms with Gasteiger partial charge in [0.25, 0.3) is 0 Å². The number of amides is 1. The lowest BCUT2D eigenvalue weighted by molar-refractivity contribution is -0.149. The van der Waals surface area contributed by atoms with Crippen molar-refractivity contribution in [3.8, 4) is 0 Å². The molecule has 0 aromatic heterocycles. The number of nitrogens with zero attached hydrogens (tertiary/aromatic N) is 2. The van der Waals surface area contributed by atoms with Crippen molar-refractivity contribution >= 4 is 21.9 Å². The number of likely N-dealkylation sites (N-methyl/N-ethyl adjacent to an activating group) is 1. The van der Waals surface area contributed by atoms with Crippen LogP contribution in [0.1, 0.15) is 39.5 Å². The topological polar surface area (TPSA) is 95.0 Å². The average molecular weight is 320 g/mol. The van der Waals surface area contributed by atoms with Crippen molar-refractivity contribution in [1.29, 1.82) is 0 Å². The van der Waals surface area contributed by atoms with Gasteiger partial charge >= 0.3 is 5.97 Å². The number of carboxylic acids is 1. The maximum atomic E-state index is 12.4. The molecule has 2 unspecified atom stereocenters. The van der Waals surface area contributed by atoms with Crippen LogP contribution in [0.2, 0.25) is 0 Å². The van der Waals surface area contributed by atoms with Crippen LogP contribution in [0.15, 0.2) is 0 Å². The van der Waals surface area contributed by atoms with Crippen molar-refractivity contribution in [2.75, 3.05) is 19.3 Å². The van der Waals surface area contributed by atoms with Gasteiger partial charge in [-0.2, -0.15) is 4.31 Å². The first-order chi connectivity index (χ1) is 9.72. The Morgan fingerprint density at radius 2 is 2.05 bits per heavy atom. The number of carbonyl (C=O) groups is 2. The highest BCUT2D eigenvalue weighted by Crippen LogP contribution is 2.24. The third kappa shape index (κ3) is 4.16. The highest BCUT2D eigenvalue weighted by molar-refractivity contribution is 7.89. The van der Waals surface area contributed by atoms with E-state index in [2.05, 4.69) is 0 Å². The average Bonchev–Trinajstić information content (AvgIpc) is 2.92. The summed E-state index contributed by atoms with van der Waals surface area (Å²) in [5.41, 5.74) is 0. The van der Waals surface area contributed by atoms with E-state index in [9.17, 15) is 18.0 Å². The summed E-state index contributed by atoms with van der Waals surface area (Å²) in [5.74, 6) is -1.52. The van der Waals surface area contributed by atoms with Crippen molar-refractivity contribution in [1.82, 2.24) is 9.21 Å². The van der Waals surface area contributed by atoms with Crippen molar-refractivity contribution in [2.45, 2.75) is 51.6 Å². The second kappa shape index (κ2) is 7.22. The van der Waals surface area contributed by atoms with Gasteiger partial charge in [0.05, 0.1) is 5.75 Å². The smallest absolute Gasteiger partial charge is 0.326 e. The largest absolute Gasteiger partial charge is 0.480 e. The molecule has 1 amide bonds. The first-order valence-electron chi connectivity index (χ1n) is 7.21. The summed E-state index contributed by atoms with van der Waals surface area (Å²) >= 11 is 0. The predicted octanol–water partition coefficient (Wildman–Crippen LogP) is 0.512. The van der Waals surface area contributed by atoms with Crippen molar-refractivity contribution in [3.05, 3.63) is 0 Å². The maximum Gasteiger partial charge on any atom is 0.326 e. The van der Waals surface area contributed by atoms with E-state index in [-0.39, 0.29) is 5.75 Å². The molecule has 1 fully saturated rings. The zero-order chi connectivity index (χ0) is 16.2.